The van der Waals surface area contributed by atoms with E-state index in [9.17, 15) is 14.4 Å². The highest BCUT2D eigenvalue weighted by Gasteiger charge is 2.20. The molecule has 1 aromatic heterocycles. The van der Waals surface area contributed by atoms with E-state index in [1.54, 1.807) is 54.6 Å². The van der Waals surface area contributed by atoms with Crippen LogP contribution in [0.4, 0.5) is 16.5 Å². The smallest absolute Gasteiger partial charge is 0.274 e. The van der Waals surface area contributed by atoms with Gasteiger partial charge >= 0.3 is 0 Å². The van der Waals surface area contributed by atoms with E-state index < -0.39 is 11.8 Å². The highest BCUT2D eigenvalue weighted by Crippen LogP contribution is 2.25. The van der Waals surface area contributed by atoms with E-state index in [1.165, 1.54) is 11.3 Å². The van der Waals surface area contributed by atoms with Gasteiger partial charge in [-0.3, -0.25) is 19.7 Å². The van der Waals surface area contributed by atoms with Gasteiger partial charge in [-0.15, -0.1) is 11.3 Å². The van der Waals surface area contributed by atoms with Crippen LogP contribution in [-0.4, -0.2) is 28.3 Å². The van der Waals surface area contributed by atoms with Crippen LogP contribution < -0.4 is 16.1 Å². The second-order valence-corrected chi connectivity index (χ2v) is 9.72. The first-order chi connectivity index (χ1) is 20.1. The molecular formula is C32H25N5O3S. The number of hydrazone groups is 1. The van der Waals surface area contributed by atoms with E-state index in [0.717, 1.165) is 11.3 Å². The average Bonchev–Trinajstić information content (AvgIpc) is 3.49. The van der Waals surface area contributed by atoms with Crippen molar-refractivity contribution in [2.24, 2.45) is 5.10 Å². The molecule has 0 fully saturated rings. The van der Waals surface area contributed by atoms with Crippen LogP contribution >= 0.6 is 11.3 Å². The predicted octanol–water partition coefficient (Wildman–Crippen LogP) is 6.55. The quantitative estimate of drug-likeness (QED) is 0.102. The van der Waals surface area contributed by atoms with Crippen LogP contribution in [0.15, 0.2) is 126 Å². The van der Waals surface area contributed by atoms with Gasteiger partial charge in [-0.05, 0) is 24.3 Å². The van der Waals surface area contributed by atoms with Crippen molar-refractivity contribution in [2.45, 2.75) is 6.42 Å². The summed E-state index contributed by atoms with van der Waals surface area (Å²) >= 11 is 1.25. The monoisotopic (exact) mass is 559 g/mol. The van der Waals surface area contributed by atoms with Crippen molar-refractivity contribution in [3.05, 3.63) is 132 Å². The van der Waals surface area contributed by atoms with E-state index in [4.69, 9.17) is 0 Å². The molecule has 0 saturated carbocycles. The summed E-state index contributed by atoms with van der Waals surface area (Å²) in [5.41, 5.74) is 6.04. The van der Waals surface area contributed by atoms with E-state index in [1.807, 2.05) is 66.0 Å². The molecule has 0 unspecified atom stereocenters. The van der Waals surface area contributed by atoms with E-state index in [0.29, 0.717) is 27.6 Å². The Hall–Kier alpha value is -5.41. The van der Waals surface area contributed by atoms with Crippen molar-refractivity contribution >= 4 is 51.2 Å². The number of amides is 2. The maximum atomic E-state index is 13.3. The molecule has 202 valence electrons. The zero-order valence-electron chi connectivity index (χ0n) is 21.8. The first kappa shape index (κ1) is 27.2. The van der Waals surface area contributed by atoms with Crippen molar-refractivity contribution in [2.75, 3.05) is 10.6 Å². The summed E-state index contributed by atoms with van der Waals surface area (Å²) < 4.78 is 0. The fourth-order valence-electron chi connectivity index (χ4n) is 3.94. The third-order valence-corrected chi connectivity index (χ3v) is 6.75. The molecule has 4 aromatic carbocycles. The molecule has 0 radical (unpaired) electrons. The number of carbonyl (C=O) groups excluding carboxylic acids is 3. The normalized spacial score (nSPS) is 11.0. The Morgan fingerprint density at radius 3 is 2.12 bits per heavy atom. The zero-order chi connectivity index (χ0) is 28.4. The Morgan fingerprint density at radius 2 is 1.39 bits per heavy atom. The number of carbonyl (C=O) groups is 3. The molecule has 0 aliphatic carbocycles. The van der Waals surface area contributed by atoms with Gasteiger partial charge in [0.2, 0.25) is 0 Å². The average molecular weight is 560 g/mol. The van der Waals surface area contributed by atoms with Gasteiger partial charge in [-0.1, -0.05) is 91.0 Å². The lowest BCUT2D eigenvalue weighted by Gasteiger charge is -2.11. The molecule has 41 heavy (non-hydrogen) atoms. The maximum absolute atomic E-state index is 13.3. The number of nitrogens with one attached hydrogen (secondary N) is 3. The topological polar surface area (TPSA) is 113 Å². The lowest BCUT2D eigenvalue weighted by atomic mass is 10.1. The maximum Gasteiger partial charge on any atom is 0.274 e. The lowest BCUT2D eigenvalue weighted by molar-refractivity contribution is -0.110. The molecular weight excluding hydrogens is 534 g/mol. The molecule has 0 aliphatic heterocycles. The molecule has 2 amide bonds. The predicted molar refractivity (Wildman–Crippen MR) is 163 cm³/mol. The van der Waals surface area contributed by atoms with Crippen LogP contribution in [0.25, 0.3) is 11.3 Å². The second-order valence-electron chi connectivity index (χ2n) is 8.86. The number of anilines is 3. The molecule has 0 saturated heterocycles. The first-order valence-electron chi connectivity index (χ1n) is 12.8. The number of ketones is 1. The van der Waals surface area contributed by atoms with Crippen molar-refractivity contribution in [3.8, 4) is 11.3 Å². The third kappa shape index (κ3) is 7.17. The molecule has 1 heterocycles. The fraction of sp³-hybridized carbons (Fsp3) is 0.0312. The van der Waals surface area contributed by atoms with Crippen molar-refractivity contribution in [3.63, 3.8) is 0 Å². The number of thiazole rings is 1. The van der Waals surface area contributed by atoms with E-state index >= 15 is 0 Å². The van der Waals surface area contributed by atoms with Crippen molar-refractivity contribution < 1.29 is 14.4 Å². The summed E-state index contributed by atoms with van der Waals surface area (Å²) in [5, 5.41) is 12.2. The van der Waals surface area contributed by atoms with E-state index in [-0.39, 0.29) is 17.9 Å². The Morgan fingerprint density at radius 1 is 0.756 bits per heavy atom. The molecule has 0 bridgehead atoms. The second kappa shape index (κ2) is 13.1. The van der Waals surface area contributed by atoms with Crippen LogP contribution in [-0.2, 0) is 4.79 Å². The minimum absolute atomic E-state index is 0.155. The SMILES string of the molecule is O=C(Nc1nc(-c2ccccc2)cs1)C(CC(=O)c1ccccc1)=NNC(=O)c1ccccc1Nc1ccccc1. The Labute approximate surface area is 240 Å². The highest BCUT2D eigenvalue weighted by atomic mass is 32.1. The minimum Gasteiger partial charge on any atom is -0.355 e. The summed E-state index contributed by atoms with van der Waals surface area (Å²) in [6, 6.07) is 34.5. The van der Waals surface area contributed by atoms with Gasteiger partial charge in [0.05, 0.1) is 23.4 Å². The zero-order valence-corrected chi connectivity index (χ0v) is 22.6. The van der Waals surface area contributed by atoms with Gasteiger partial charge < -0.3 is 5.32 Å². The van der Waals surface area contributed by atoms with Gasteiger partial charge in [-0.2, -0.15) is 5.10 Å². The minimum atomic E-state index is -0.640. The van der Waals surface area contributed by atoms with Crippen LogP contribution in [0.2, 0.25) is 0 Å². The fourth-order valence-corrected chi connectivity index (χ4v) is 4.65. The van der Waals surface area contributed by atoms with Gasteiger partial charge in [0.25, 0.3) is 11.8 Å². The standard InChI is InChI=1S/C32H25N5O3S/c38-29(23-14-6-2-7-15-23)20-27(31(40)35-32-34-28(21-41-32)22-12-4-1-5-13-22)36-37-30(39)25-18-10-11-19-26(25)33-24-16-8-3-9-17-24/h1-19,21,33H,20H2,(H,37,39)(H,34,35,40). The first-order valence-corrected chi connectivity index (χ1v) is 13.6. The van der Waals surface area contributed by atoms with Crippen LogP contribution in [0.3, 0.4) is 0 Å². The molecule has 0 spiro atoms. The number of hydrogen-bond acceptors (Lipinski definition) is 7. The van der Waals surface area contributed by atoms with Gasteiger partial charge in [0.1, 0.15) is 5.71 Å². The van der Waals surface area contributed by atoms with Crippen LogP contribution in [0.1, 0.15) is 27.1 Å². The number of aromatic nitrogens is 1. The molecule has 3 N–H and O–H groups in total. The van der Waals surface area contributed by atoms with Gasteiger partial charge in [-0.25, -0.2) is 10.4 Å². The summed E-state index contributed by atoms with van der Waals surface area (Å²) in [7, 11) is 0. The number of benzene rings is 4. The van der Waals surface area contributed by atoms with Crippen molar-refractivity contribution in [1.29, 1.82) is 0 Å². The Balaban J connectivity index is 1.36. The Bertz CT molecular complexity index is 1690. The van der Waals surface area contributed by atoms with Gasteiger partial charge in [0, 0.05) is 22.2 Å². The van der Waals surface area contributed by atoms with Gasteiger partial charge in [0.15, 0.2) is 10.9 Å². The Kier molecular flexibility index (Phi) is 8.68. The summed E-state index contributed by atoms with van der Waals surface area (Å²) in [6.07, 6.45) is -0.322. The number of Topliss-reactive ketones (excluding diaryl/α,β-unsaturated/α-hetero) is 1. The summed E-state index contributed by atoms with van der Waals surface area (Å²) in [6.45, 7) is 0. The molecule has 5 aromatic rings. The molecule has 0 atom stereocenters. The third-order valence-electron chi connectivity index (χ3n) is 6.00. The summed E-state index contributed by atoms with van der Waals surface area (Å²) in [4.78, 5) is 43.9. The largest absolute Gasteiger partial charge is 0.355 e. The number of rotatable bonds is 10. The number of nitrogens with zero attached hydrogens (tertiary/aromatic N) is 2. The molecule has 5 rings (SSSR count). The van der Waals surface area contributed by atoms with Crippen LogP contribution in [0.5, 0.6) is 0 Å². The molecule has 9 heteroatoms. The number of para-hydroxylation sites is 2. The van der Waals surface area contributed by atoms with Crippen molar-refractivity contribution in [1.82, 2.24) is 10.4 Å². The molecule has 0 aliphatic rings. The highest BCUT2D eigenvalue weighted by molar-refractivity contribution is 7.14. The summed E-state index contributed by atoms with van der Waals surface area (Å²) in [5.74, 6) is -1.50. The number of hydrogen-bond donors (Lipinski definition) is 3. The molecule has 8 nitrogen and oxygen atoms in total. The van der Waals surface area contributed by atoms with Crippen LogP contribution in [0, 0.1) is 0 Å². The lowest BCUT2D eigenvalue weighted by Crippen LogP contribution is -2.29. The van der Waals surface area contributed by atoms with E-state index in [2.05, 4.69) is 26.1 Å².